The first kappa shape index (κ1) is 39.9. The van der Waals surface area contributed by atoms with Crippen LogP contribution in [0.15, 0.2) is 217 Å². The number of para-hydroxylation sites is 2. The van der Waals surface area contributed by atoms with Gasteiger partial charge in [0.15, 0.2) is 17.2 Å². The Balaban J connectivity index is 1.04. The summed E-state index contributed by atoms with van der Waals surface area (Å²) < 4.78 is 9.43. The highest BCUT2D eigenvalue weighted by atomic mass is 16.3. The minimum absolute atomic E-state index is 0.283. The van der Waals surface area contributed by atoms with Crippen LogP contribution in [-0.4, -0.2) is 19.5 Å². The molecule has 1 aliphatic carbocycles. The van der Waals surface area contributed by atoms with Crippen molar-refractivity contribution in [1.82, 2.24) is 19.5 Å². The van der Waals surface area contributed by atoms with E-state index in [1.807, 2.05) is 6.07 Å². The van der Waals surface area contributed by atoms with Crippen LogP contribution in [-0.2, 0) is 0 Å². The van der Waals surface area contributed by atoms with E-state index in [4.69, 9.17) is 19.4 Å². The van der Waals surface area contributed by atoms with Crippen molar-refractivity contribution < 1.29 is 4.42 Å². The van der Waals surface area contributed by atoms with Gasteiger partial charge in [0.1, 0.15) is 11.4 Å². The van der Waals surface area contributed by atoms with Crippen LogP contribution in [0.3, 0.4) is 0 Å². The number of nitrogens with zero attached hydrogens (tertiary/aromatic N) is 4. The molecule has 0 N–H and O–H groups in total. The molecule has 13 rings (SSSR count). The molecule has 0 atom stereocenters. The maximum atomic E-state index is 7.08. The molecule has 3 heterocycles. The Hall–Kier alpha value is -8.41. The Morgan fingerprint density at radius 1 is 0.382 bits per heavy atom. The normalized spacial score (nSPS) is 13.2. The Bertz CT molecular complexity index is 3760. The maximum absolute atomic E-state index is 7.08. The zero-order valence-corrected chi connectivity index (χ0v) is 37.5. The lowest BCUT2D eigenvalue weighted by molar-refractivity contribution is 0.428. The van der Waals surface area contributed by atoms with Gasteiger partial charge in [-0.05, 0) is 118 Å². The molecule has 324 valence electrons. The van der Waals surface area contributed by atoms with Gasteiger partial charge in [0.2, 0.25) is 0 Å². The molecular weight excluding hydrogens is 829 g/mol. The van der Waals surface area contributed by atoms with Gasteiger partial charge < -0.3 is 8.98 Å². The van der Waals surface area contributed by atoms with E-state index in [9.17, 15) is 0 Å². The fourth-order valence-electron chi connectivity index (χ4n) is 10.6. The van der Waals surface area contributed by atoms with E-state index in [2.05, 4.69) is 211 Å². The minimum Gasteiger partial charge on any atom is -0.454 e. The Morgan fingerprint density at radius 2 is 0.956 bits per heavy atom. The Labute approximate surface area is 395 Å². The van der Waals surface area contributed by atoms with Crippen LogP contribution in [0.4, 0.5) is 0 Å². The Kier molecular flexibility index (Phi) is 9.85. The van der Waals surface area contributed by atoms with Gasteiger partial charge in [0.05, 0.1) is 11.0 Å². The van der Waals surface area contributed by atoms with Gasteiger partial charge in [-0.2, -0.15) is 0 Å². The summed E-state index contributed by atoms with van der Waals surface area (Å²) in [5.41, 5.74) is 15.9. The molecule has 0 bridgehead atoms. The molecule has 0 amide bonds. The molecule has 0 aliphatic heterocycles. The number of fused-ring (bicyclic) bond motifs is 7. The first-order valence-corrected chi connectivity index (χ1v) is 23.9. The topological polar surface area (TPSA) is 56.7 Å². The average molecular weight is 875 g/mol. The number of benzene rings is 9. The highest BCUT2D eigenvalue weighted by molar-refractivity contribution is 6.21. The molecular formula is C63H46N4O. The van der Waals surface area contributed by atoms with Crippen LogP contribution >= 0.6 is 0 Å². The maximum Gasteiger partial charge on any atom is 0.164 e. The summed E-state index contributed by atoms with van der Waals surface area (Å²) >= 11 is 0. The summed E-state index contributed by atoms with van der Waals surface area (Å²) in [5, 5.41) is 4.53. The molecule has 1 saturated carbocycles. The molecule has 9 aromatic carbocycles. The summed E-state index contributed by atoms with van der Waals surface area (Å²) in [4.78, 5) is 16.0. The van der Waals surface area contributed by atoms with Gasteiger partial charge in [-0.1, -0.05) is 171 Å². The van der Waals surface area contributed by atoms with Gasteiger partial charge in [0.25, 0.3) is 0 Å². The summed E-state index contributed by atoms with van der Waals surface area (Å²) in [7, 11) is 0. The van der Waals surface area contributed by atoms with Gasteiger partial charge in [-0.15, -0.1) is 0 Å². The van der Waals surface area contributed by atoms with E-state index >= 15 is 0 Å². The van der Waals surface area contributed by atoms with E-state index in [0.717, 1.165) is 102 Å². The SMILES string of the molecule is c1ccc(-c2cc(-c3ccccc3)cc(-c3ccc(-c4ccc5c(c4)oc4c5ccc5c6ccccc6n(-c6ccccc6)c54)c(-c4nc(-c5ccccc5)nc(C5CCCCC5)n4)c3)c2)cc1. The fraction of sp³-hybridized carbons (Fsp3) is 0.0952. The predicted octanol–water partition coefficient (Wildman–Crippen LogP) is 16.9. The molecule has 68 heavy (non-hydrogen) atoms. The molecule has 1 aliphatic rings. The number of rotatable bonds is 8. The molecule has 0 spiro atoms. The van der Waals surface area contributed by atoms with Crippen LogP contribution in [0.2, 0.25) is 0 Å². The van der Waals surface area contributed by atoms with Crippen LogP contribution in [0.1, 0.15) is 43.8 Å². The van der Waals surface area contributed by atoms with E-state index in [1.54, 1.807) is 0 Å². The third-order valence-corrected chi connectivity index (χ3v) is 14.0. The summed E-state index contributed by atoms with van der Waals surface area (Å²) in [6, 6.07) is 75.8. The molecule has 12 aromatic rings. The molecule has 0 saturated heterocycles. The average Bonchev–Trinajstić information content (AvgIpc) is 3.97. The van der Waals surface area contributed by atoms with Gasteiger partial charge in [0, 0.05) is 44.3 Å². The van der Waals surface area contributed by atoms with Crippen molar-refractivity contribution >= 4 is 43.7 Å². The quantitative estimate of drug-likeness (QED) is 0.153. The lowest BCUT2D eigenvalue weighted by Gasteiger charge is -2.21. The first-order valence-electron chi connectivity index (χ1n) is 23.9. The monoisotopic (exact) mass is 874 g/mol. The number of furan rings is 1. The van der Waals surface area contributed by atoms with Gasteiger partial charge >= 0.3 is 0 Å². The second-order valence-electron chi connectivity index (χ2n) is 18.2. The first-order chi connectivity index (χ1) is 33.7. The summed E-state index contributed by atoms with van der Waals surface area (Å²) in [6.07, 6.45) is 5.79. The standard InChI is InChI=1S/C63H46N4O/c1-6-18-41(19-7-1)47-36-48(42-20-8-2-9-21-42)38-49(37-47)45-30-32-51(56(39-45)63-65-61(43-22-10-3-11-23-43)64-62(66-63)44-24-12-4-13-25-44)46-31-33-53-55-35-34-54-52-28-16-17-29-57(52)67(50-26-14-5-15-27-50)59(54)60(55)68-58(53)40-46/h1-3,5-11,14-23,26-40,44H,4,12-13,24-25H2. The van der Waals surface area contributed by atoms with E-state index in [1.165, 1.54) is 41.2 Å². The Morgan fingerprint density at radius 3 is 1.66 bits per heavy atom. The van der Waals surface area contributed by atoms with Crippen LogP contribution in [0, 0.1) is 0 Å². The lowest BCUT2D eigenvalue weighted by atomic mass is 9.88. The molecule has 0 radical (unpaired) electrons. The number of hydrogen-bond acceptors (Lipinski definition) is 4. The molecule has 1 fully saturated rings. The van der Waals surface area contributed by atoms with Crippen LogP contribution < -0.4 is 0 Å². The van der Waals surface area contributed by atoms with Crippen molar-refractivity contribution in [2.75, 3.05) is 0 Å². The number of aromatic nitrogens is 4. The third-order valence-electron chi connectivity index (χ3n) is 14.0. The second-order valence-corrected chi connectivity index (χ2v) is 18.2. The van der Waals surface area contributed by atoms with Crippen molar-refractivity contribution in [1.29, 1.82) is 0 Å². The van der Waals surface area contributed by atoms with Crippen LogP contribution in [0.5, 0.6) is 0 Å². The third kappa shape index (κ3) is 7.06. The van der Waals surface area contributed by atoms with Gasteiger partial charge in [-0.3, -0.25) is 0 Å². The highest BCUT2D eigenvalue weighted by Crippen LogP contribution is 2.44. The van der Waals surface area contributed by atoms with E-state index < -0.39 is 0 Å². The highest BCUT2D eigenvalue weighted by Gasteiger charge is 2.24. The zero-order chi connectivity index (χ0) is 45.0. The van der Waals surface area contributed by atoms with Gasteiger partial charge in [-0.25, -0.2) is 15.0 Å². The molecule has 0 unspecified atom stereocenters. The zero-order valence-electron chi connectivity index (χ0n) is 37.5. The van der Waals surface area contributed by atoms with Crippen molar-refractivity contribution in [2.45, 2.75) is 38.0 Å². The van der Waals surface area contributed by atoms with Crippen molar-refractivity contribution in [3.8, 4) is 73.0 Å². The van der Waals surface area contributed by atoms with E-state index in [0.29, 0.717) is 11.6 Å². The lowest BCUT2D eigenvalue weighted by Crippen LogP contribution is -2.11. The minimum atomic E-state index is 0.283. The predicted molar refractivity (Wildman–Crippen MR) is 280 cm³/mol. The summed E-state index contributed by atoms with van der Waals surface area (Å²) in [5.74, 6) is 2.55. The molecule has 5 nitrogen and oxygen atoms in total. The van der Waals surface area contributed by atoms with Crippen molar-refractivity contribution in [3.63, 3.8) is 0 Å². The fourth-order valence-corrected chi connectivity index (χ4v) is 10.6. The second kappa shape index (κ2) is 16.8. The molecule has 5 heteroatoms. The van der Waals surface area contributed by atoms with E-state index in [-0.39, 0.29) is 5.92 Å². The molecule has 3 aromatic heterocycles. The number of hydrogen-bond donors (Lipinski definition) is 0. The largest absolute Gasteiger partial charge is 0.454 e. The van der Waals surface area contributed by atoms with Crippen LogP contribution in [0.25, 0.3) is 117 Å². The summed E-state index contributed by atoms with van der Waals surface area (Å²) in [6.45, 7) is 0. The smallest absolute Gasteiger partial charge is 0.164 e. The van der Waals surface area contributed by atoms with Crippen molar-refractivity contribution in [2.24, 2.45) is 0 Å². The van der Waals surface area contributed by atoms with Crippen molar-refractivity contribution in [3.05, 3.63) is 218 Å².